The number of fused-ring (bicyclic) bond motifs is 3. The van der Waals surface area contributed by atoms with Gasteiger partial charge in [-0.25, -0.2) is 0 Å². The van der Waals surface area contributed by atoms with Crippen LogP contribution in [0.2, 0.25) is 0 Å². The van der Waals surface area contributed by atoms with E-state index in [-0.39, 0.29) is 24.4 Å². The quantitative estimate of drug-likeness (QED) is 0.861. The first-order valence-electron chi connectivity index (χ1n) is 8.53. The first-order chi connectivity index (χ1) is 11.7. The summed E-state index contributed by atoms with van der Waals surface area (Å²) in [6.07, 6.45) is 2.05. The molecule has 1 amide bonds. The normalized spacial score (nSPS) is 21.6. The number of hydrogen-bond donors (Lipinski definition) is 1. The summed E-state index contributed by atoms with van der Waals surface area (Å²) in [6, 6.07) is 10.2. The molecule has 1 aromatic carbocycles. The molecule has 2 aromatic rings. The Morgan fingerprint density at radius 1 is 1.40 bits per heavy atom. The summed E-state index contributed by atoms with van der Waals surface area (Å²) in [5.41, 5.74) is 8.12. The van der Waals surface area contributed by atoms with Crippen LogP contribution in [0.4, 0.5) is 0 Å². The molecule has 0 saturated carbocycles. The zero-order valence-electron chi connectivity index (χ0n) is 14.2. The molecule has 0 radical (unpaired) electrons. The minimum atomic E-state index is 0. The lowest BCUT2D eigenvalue weighted by Gasteiger charge is -2.37. The van der Waals surface area contributed by atoms with Gasteiger partial charge in [0, 0.05) is 35.1 Å². The molecule has 6 heteroatoms. The Bertz CT molecular complexity index is 777. The molecule has 0 bridgehead atoms. The van der Waals surface area contributed by atoms with Crippen LogP contribution in [0.3, 0.4) is 0 Å². The molecule has 0 spiro atoms. The number of piperidine rings is 1. The monoisotopic (exact) mass is 378 g/mol. The third-order valence-electron chi connectivity index (χ3n) is 5.05. The summed E-state index contributed by atoms with van der Waals surface area (Å²) in [5, 5.41) is 0. The predicted octanol–water partition coefficient (Wildman–Crippen LogP) is 3.93. The number of nitrogens with two attached hydrogens (primary N) is 1. The minimum absolute atomic E-state index is 0. The molecule has 0 aliphatic carbocycles. The molecule has 2 aliphatic rings. The molecule has 134 valence electrons. The van der Waals surface area contributed by atoms with Gasteiger partial charge in [0.05, 0.1) is 4.88 Å². The number of nitrogens with zero attached hydrogens (tertiary/aromatic N) is 1. The van der Waals surface area contributed by atoms with Gasteiger partial charge in [0.2, 0.25) is 0 Å². The van der Waals surface area contributed by atoms with E-state index in [4.69, 9.17) is 10.5 Å². The van der Waals surface area contributed by atoms with Crippen LogP contribution in [-0.2, 0) is 6.61 Å². The molecular weight excluding hydrogens is 356 g/mol. The van der Waals surface area contributed by atoms with E-state index in [1.54, 1.807) is 11.3 Å². The van der Waals surface area contributed by atoms with Gasteiger partial charge >= 0.3 is 0 Å². The number of carbonyl (C=O) groups is 1. The van der Waals surface area contributed by atoms with Gasteiger partial charge in [0.15, 0.2) is 0 Å². The fourth-order valence-electron chi connectivity index (χ4n) is 3.69. The van der Waals surface area contributed by atoms with E-state index >= 15 is 0 Å². The number of carbonyl (C=O) groups excluding carboxylic acids is 1. The molecule has 4 nitrogen and oxygen atoms in total. The number of benzene rings is 1. The van der Waals surface area contributed by atoms with Gasteiger partial charge in [-0.1, -0.05) is 19.1 Å². The van der Waals surface area contributed by atoms with Crippen molar-refractivity contribution in [1.82, 2.24) is 4.90 Å². The van der Waals surface area contributed by atoms with Gasteiger partial charge in [0.1, 0.15) is 12.4 Å². The molecule has 25 heavy (non-hydrogen) atoms. The summed E-state index contributed by atoms with van der Waals surface area (Å²) in [4.78, 5) is 17.0. The maximum atomic E-state index is 13.0. The second kappa shape index (κ2) is 7.36. The molecule has 1 aromatic heterocycles. The summed E-state index contributed by atoms with van der Waals surface area (Å²) in [5.74, 6) is 1.66. The van der Waals surface area contributed by atoms with Crippen molar-refractivity contribution in [2.45, 2.75) is 32.4 Å². The fraction of sp³-hybridized carbons (Fsp3) is 0.421. The predicted molar refractivity (Wildman–Crippen MR) is 104 cm³/mol. The highest BCUT2D eigenvalue weighted by Gasteiger charge is 2.31. The summed E-state index contributed by atoms with van der Waals surface area (Å²) in [7, 11) is 0. The average molecular weight is 379 g/mol. The molecule has 3 heterocycles. The Hall–Kier alpha value is -1.56. The number of likely N-dealkylation sites (tertiary alicyclic amines) is 1. The zero-order valence-corrected chi connectivity index (χ0v) is 15.9. The summed E-state index contributed by atoms with van der Waals surface area (Å²) in [6.45, 7) is 4.11. The highest BCUT2D eigenvalue weighted by molar-refractivity contribution is 7.17. The second-order valence-electron chi connectivity index (χ2n) is 6.77. The van der Waals surface area contributed by atoms with E-state index in [1.165, 1.54) is 0 Å². The zero-order chi connectivity index (χ0) is 16.7. The average Bonchev–Trinajstić information content (AvgIpc) is 3.05. The Morgan fingerprint density at radius 2 is 2.20 bits per heavy atom. The van der Waals surface area contributed by atoms with Crippen molar-refractivity contribution in [2.24, 2.45) is 11.7 Å². The smallest absolute Gasteiger partial charge is 0.264 e. The van der Waals surface area contributed by atoms with Crippen LogP contribution < -0.4 is 10.5 Å². The lowest BCUT2D eigenvalue weighted by atomic mass is 9.92. The molecule has 1 fully saturated rings. The molecule has 2 aliphatic heterocycles. The van der Waals surface area contributed by atoms with Crippen LogP contribution >= 0.6 is 23.7 Å². The lowest BCUT2D eigenvalue weighted by molar-refractivity contribution is 0.0578. The Balaban J connectivity index is 0.00000182. The second-order valence-corrected chi connectivity index (χ2v) is 7.82. The van der Waals surface area contributed by atoms with Crippen LogP contribution in [0.5, 0.6) is 5.75 Å². The fourth-order valence-corrected chi connectivity index (χ4v) is 4.84. The first-order valence-corrected chi connectivity index (χ1v) is 9.35. The Kier molecular flexibility index (Phi) is 5.37. The third kappa shape index (κ3) is 3.28. The van der Waals surface area contributed by atoms with Crippen molar-refractivity contribution < 1.29 is 9.53 Å². The van der Waals surface area contributed by atoms with Gasteiger partial charge in [0.25, 0.3) is 5.91 Å². The number of rotatable bonds is 2. The van der Waals surface area contributed by atoms with E-state index in [0.717, 1.165) is 46.0 Å². The maximum absolute atomic E-state index is 13.0. The number of hydrogen-bond acceptors (Lipinski definition) is 4. The number of amides is 1. The molecular formula is C19H23ClN2O2S. The van der Waals surface area contributed by atoms with Crippen molar-refractivity contribution in [1.29, 1.82) is 0 Å². The van der Waals surface area contributed by atoms with Crippen molar-refractivity contribution in [3.05, 3.63) is 40.8 Å². The third-order valence-corrected chi connectivity index (χ3v) is 6.24. The summed E-state index contributed by atoms with van der Waals surface area (Å²) < 4.78 is 5.81. The molecule has 2 N–H and O–H groups in total. The van der Waals surface area contributed by atoms with Crippen LogP contribution in [-0.4, -0.2) is 29.9 Å². The Morgan fingerprint density at radius 3 is 3.00 bits per heavy atom. The van der Waals surface area contributed by atoms with E-state index < -0.39 is 0 Å². The highest BCUT2D eigenvalue weighted by atomic mass is 35.5. The molecule has 2 unspecified atom stereocenters. The topological polar surface area (TPSA) is 55.6 Å². The number of para-hydroxylation sites is 1. The highest BCUT2D eigenvalue weighted by Crippen LogP contribution is 2.42. The molecule has 4 rings (SSSR count). The maximum Gasteiger partial charge on any atom is 0.264 e. The Labute approximate surface area is 158 Å². The number of thiophene rings is 1. The van der Waals surface area contributed by atoms with Gasteiger partial charge < -0.3 is 15.4 Å². The van der Waals surface area contributed by atoms with Crippen LogP contribution in [0, 0.1) is 5.92 Å². The van der Waals surface area contributed by atoms with Gasteiger partial charge in [-0.3, -0.25) is 4.79 Å². The first kappa shape index (κ1) is 18.2. The van der Waals surface area contributed by atoms with E-state index in [1.807, 2.05) is 29.2 Å². The van der Waals surface area contributed by atoms with Crippen molar-refractivity contribution in [2.75, 3.05) is 13.1 Å². The number of halogens is 1. The van der Waals surface area contributed by atoms with Crippen LogP contribution in [0.1, 0.15) is 35.0 Å². The standard InChI is InChI=1S/C19H22N2O2S.ClH/c1-12-6-7-21(14(8-12)10-20)19(22)17-9-13-11-23-16-5-3-2-4-15(16)18(13)24-17;/h2-5,9,12,14H,6-8,10-11,20H2,1H3;1H. The van der Waals surface area contributed by atoms with Crippen molar-refractivity contribution >= 4 is 29.7 Å². The van der Waals surface area contributed by atoms with E-state index in [0.29, 0.717) is 19.1 Å². The lowest BCUT2D eigenvalue weighted by Crippen LogP contribution is -2.49. The van der Waals surface area contributed by atoms with E-state index in [9.17, 15) is 4.79 Å². The molecule has 1 saturated heterocycles. The van der Waals surface area contributed by atoms with Crippen LogP contribution in [0.15, 0.2) is 30.3 Å². The minimum Gasteiger partial charge on any atom is -0.488 e. The number of ether oxygens (including phenoxy) is 1. The van der Waals surface area contributed by atoms with Crippen molar-refractivity contribution in [3.63, 3.8) is 0 Å². The SMILES string of the molecule is CC1CCN(C(=O)c2cc3c(s2)-c2ccccc2OC3)C(CN)C1.Cl. The van der Waals surface area contributed by atoms with Gasteiger partial charge in [-0.15, -0.1) is 23.7 Å². The van der Waals surface area contributed by atoms with E-state index in [2.05, 4.69) is 13.0 Å². The van der Waals surface area contributed by atoms with Gasteiger partial charge in [-0.2, -0.15) is 0 Å². The summed E-state index contributed by atoms with van der Waals surface area (Å²) >= 11 is 1.58. The molecule has 2 atom stereocenters. The largest absolute Gasteiger partial charge is 0.488 e. The van der Waals surface area contributed by atoms with Crippen molar-refractivity contribution in [3.8, 4) is 16.2 Å². The van der Waals surface area contributed by atoms with Gasteiger partial charge in [-0.05, 0) is 37.0 Å². The van der Waals surface area contributed by atoms with Crippen LogP contribution in [0.25, 0.3) is 10.4 Å².